The number of likely N-dealkylation sites (N-methyl/N-ethyl adjacent to an activating group) is 1. The van der Waals surface area contributed by atoms with E-state index in [0.717, 1.165) is 44.2 Å². The van der Waals surface area contributed by atoms with Crippen molar-refractivity contribution in [2.24, 2.45) is 10.9 Å². The molecule has 1 amide bonds. The number of amides is 1. The van der Waals surface area contributed by atoms with Crippen LogP contribution in [-0.4, -0.2) is 72.9 Å². The van der Waals surface area contributed by atoms with Crippen LogP contribution in [0.5, 0.6) is 0 Å². The molecule has 22 heavy (non-hydrogen) atoms. The lowest BCUT2D eigenvalue weighted by Gasteiger charge is -2.36. The van der Waals surface area contributed by atoms with Gasteiger partial charge in [0.1, 0.15) is 6.54 Å². The predicted octanol–water partition coefficient (Wildman–Crippen LogP) is 1.89. The first-order chi connectivity index (χ1) is 10.5. The van der Waals surface area contributed by atoms with Crippen molar-refractivity contribution in [3.63, 3.8) is 0 Å². The summed E-state index contributed by atoms with van der Waals surface area (Å²) in [4.78, 5) is 20.3. The highest BCUT2D eigenvalue weighted by Crippen LogP contribution is 2.24. The van der Waals surface area contributed by atoms with E-state index in [2.05, 4.69) is 47.7 Å². The minimum atomic E-state index is 0.0431. The zero-order valence-corrected chi connectivity index (χ0v) is 15.6. The quantitative estimate of drug-likeness (QED) is 0.459. The topological polar surface area (TPSA) is 47.9 Å². The minimum Gasteiger partial charge on any atom is -0.356 e. The third kappa shape index (κ3) is 6.46. The van der Waals surface area contributed by atoms with Gasteiger partial charge in [0.25, 0.3) is 0 Å². The molecule has 0 saturated carbocycles. The summed E-state index contributed by atoms with van der Waals surface area (Å²) >= 11 is 2.05. The molecule has 1 aliphatic rings. The zero-order valence-electron chi connectivity index (χ0n) is 14.8. The number of hydrogen-bond donors (Lipinski definition) is 1. The van der Waals surface area contributed by atoms with E-state index in [-0.39, 0.29) is 12.5 Å². The summed E-state index contributed by atoms with van der Waals surface area (Å²) in [5.41, 5.74) is 0. The van der Waals surface area contributed by atoms with Crippen molar-refractivity contribution >= 4 is 23.6 Å². The molecule has 1 aliphatic heterocycles. The van der Waals surface area contributed by atoms with Gasteiger partial charge < -0.3 is 15.1 Å². The van der Waals surface area contributed by atoms with Gasteiger partial charge in [-0.1, -0.05) is 27.2 Å². The Kier molecular flexibility index (Phi) is 8.68. The van der Waals surface area contributed by atoms with Crippen molar-refractivity contribution in [3.8, 4) is 0 Å². The summed E-state index contributed by atoms with van der Waals surface area (Å²) in [7, 11) is 3.54. The molecular weight excluding hydrogens is 296 g/mol. The van der Waals surface area contributed by atoms with Crippen LogP contribution in [0.1, 0.15) is 33.6 Å². The van der Waals surface area contributed by atoms with Crippen molar-refractivity contribution in [1.29, 1.82) is 0 Å². The number of rotatable bonds is 6. The Morgan fingerprint density at radius 3 is 2.77 bits per heavy atom. The molecule has 0 aromatic rings. The van der Waals surface area contributed by atoms with Crippen molar-refractivity contribution in [1.82, 2.24) is 15.1 Å². The molecule has 1 heterocycles. The highest BCUT2D eigenvalue weighted by molar-refractivity contribution is 8.00. The highest BCUT2D eigenvalue weighted by atomic mass is 32.2. The average Bonchev–Trinajstić information content (AvgIpc) is 2.50. The first-order valence-electron chi connectivity index (χ1n) is 8.30. The number of hydrogen-bond acceptors (Lipinski definition) is 3. The molecule has 0 bridgehead atoms. The maximum absolute atomic E-state index is 11.8. The van der Waals surface area contributed by atoms with Gasteiger partial charge in [0.15, 0.2) is 5.96 Å². The number of unbranched alkanes of at least 4 members (excludes halogenated alkanes) is 1. The lowest BCUT2D eigenvalue weighted by Crippen LogP contribution is -2.49. The molecule has 1 N–H and O–H groups in total. The zero-order chi connectivity index (χ0) is 16.5. The molecule has 0 aliphatic carbocycles. The van der Waals surface area contributed by atoms with Gasteiger partial charge in [-0.25, -0.2) is 4.99 Å². The van der Waals surface area contributed by atoms with Gasteiger partial charge in [-0.3, -0.25) is 4.79 Å². The van der Waals surface area contributed by atoms with Gasteiger partial charge in [0.2, 0.25) is 5.91 Å². The van der Waals surface area contributed by atoms with Crippen LogP contribution < -0.4 is 5.32 Å². The van der Waals surface area contributed by atoms with Crippen LogP contribution in [-0.2, 0) is 4.79 Å². The fourth-order valence-electron chi connectivity index (χ4n) is 2.20. The SMILES string of the molecule is CCCCNC(=NCC(=O)N(C)C)N1CCSC(C(C)C)C1. The summed E-state index contributed by atoms with van der Waals surface area (Å²) < 4.78 is 0. The Balaban J connectivity index is 2.70. The number of carbonyl (C=O) groups excluding carboxylic acids is 1. The summed E-state index contributed by atoms with van der Waals surface area (Å²) in [6, 6.07) is 0. The Labute approximate surface area is 139 Å². The van der Waals surface area contributed by atoms with Crippen LogP contribution in [0.25, 0.3) is 0 Å². The van der Waals surface area contributed by atoms with Gasteiger partial charge in [-0.2, -0.15) is 11.8 Å². The molecule has 1 atom stereocenters. The van der Waals surface area contributed by atoms with Crippen LogP contribution in [0.2, 0.25) is 0 Å². The Morgan fingerprint density at radius 2 is 2.18 bits per heavy atom. The van der Waals surface area contributed by atoms with E-state index in [1.54, 1.807) is 19.0 Å². The third-order valence-corrected chi connectivity index (χ3v) is 5.35. The average molecular weight is 329 g/mol. The fraction of sp³-hybridized carbons (Fsp3) is 0.875. The fourth-order valence-corrected chi connectivity index (χ4v) is 3.50. The first kappa shape index (κ1) is 19.1. The standard InChI is InChI=1S/C16H32N4OS/c1-6-7-8-17-16(18-11-15(21)19(4)5)20-9-10-22-14(12-20)13(2)3/h13-14H,6-12H2,1-5H3,(H,17,18). The smallest absolute Gasteiger partial charge is 0.243 e. The molecule has 1 saturated heterocycles. The second kappa shape index (κ2) is 9.98. The molecule has 1 rings (SSSR count). The third-order valence-electron chi connectivity index (χ3n) is 3.81. The van der Waals surface area contributed by atoms with E-state index in [4.69, 9.17) is 0 Å². The first-order valence-corrected chi connectivity index (χ1v) is 9.35. The summed E-state index contributed by atoms with van der Waals surface area (Å²) in [5.74, 6) is 2.73. The summed E-state index contributed by atoms with van der Waals surface area (Å²) in [5, 5.41) is 4.08. The van der Waals surface area contributed by atoms with Crippen LogP contribution in [0.3, 0.4) is 0 Å². The molecule has 5 nitrogen and oxygen atoms in total. The maximum atomic E-state index is 11.8. The van der Waals surface area contributed by atoms with E-state index < -0.39 is 0 Å². The van der Waals surface area contributed by atoms with Gasteiger partial charge in [0, 0.05) is 44.7 Å². The van der Waals surface area contributed by atoms with Crippen molar-refractivity contribution in [3.05, 3.63) is 0 Å². The molecule has 0 radical (unpaired) electrons. The molecule has 0 aromatic heterocycles. The number of carbonyl (C=O) groups is 1. The van der Waals surface area contributed by atoms with Crippen LogP contribution in [0.4, 0.5) is 0 Å². The van der Waals surface area contributed by atoms with E-state index in [1.807, 2.05) is 0 Å². The predicted molar refractivity (Wildman–Crippen MR) is 96.6 cm³/mol. The second-order valence-electron chi connectivity index (χ2n) is 6.31. The van der Waals surface area contributed by atoms with Crippen molar-refractivity contribution in [2.75, 3.05) is 46.0 Å². The lowest BCUT2D eigenvalue weighted by molar-refractivity contribution is -0.127. The molecule has 1 fully saturated rings. The Hall–Kier alpha value is -0.910. The molecule has 0 aromatic carbocycles. The minimum absolute atomic E-state index is 0.0431. The number of guanidine groups is 1. The Bertz CT molecular complexity index is 371. The van der Waals surface area contributed by atoms with E-state index in [1.165, 1.54) is 0 Å². The number of nitrogens with zero attached hydrogens (tertiary/aromatic N) is 3. The van der Waals surface area contributed by atoms with Crippen molar-refractivity contribution in [2.45, 2.75) is 38.9 Å². The normalized spacial score (nSPS) is 19.5. The van der Waals surface area contributed by atoms with Crippen LogP contribution in [0, 0.1) is 5.92 Å². The van der Waals surface area contributed by atoms with E-state index >= 15 is 0 Å². The van der Waals surface area contributed by atoms with Crippen LogP contribution >= 0.6 is 11.8 Å². The number of nitrogens with one attached hydrogen (secondary N) is 1. The molecule has 6 heteroatoms. The Morgan fingerprint density at radius 1 is 1.45 bits per heavy atom. The molecule has 1 unspecified atom stereocenters. The van der Waals surface area contributed by atoms with Gasteiger partial charge in [-0.15, -0.1) is 0 Å². The number of thioether (sulfide) groups is 1. The lowest BCUT2D eigenvalue weighted by atomic mass is 10.1. The maximum Gasteiger partial charge on any atom is 0.243 e. The van der Waals surface area contributed by atoms with Gasteiger partial charge >= 0.3 is 0 Å². The highest BCUT2D eigenvalue weighted by Gasteiger charge is 2.25. The summed E-state index contributed by atoms with van der Waals surface area (Å²) in [6.07, 6.45) is 2.28. The van der Waals surface area contributed by atoms with E-state index in [9.17, 15) is 4.79 Å². The largest absolute Gasteiger partial charge is 0.356 e. The second-order valence-corrected chi connectivity index (χ2v) is 7.65. The van der Waals surface area contributed by atoms with Crippen LogP contribution in [0.15, 0.2) is 4.99 Å². The molecular formula is C16H32N4OS. The van der Waals surface area contributed by atoms with Gasteiger partial charge in [-0.05, 0) is 12.3 Å². The van der Waals surface area contributed by atoms with Crippen molar-refractivity contribution < 1.29 is 4.79 Å². The monoisotopic (exact) mass is 328 g/mol. The summed E-state index contributed by atoms with van der Waals surface area (Å²) in [6.45, 7) is 9.88. The van der Waals surface area contributed by atoms with E-state index in [0.29, 0.717) is 11.2 Å². The molecule has 0 spiro atoms. The molecule has 128 valence electrons. The van der Waals surface area contributed by atoms with Gasteiger partial charge in [0.05, 0.1) is 0 Å². The number of aliphatic imine (C=N–C) groups is 1.